The molecule has 1 aromatic rings. The van der Waals surface area contributed by atoms with E-state index in [1.165, 1.54) is 0 Å². The molecule has 1 N–H and O–H groups in total. The summed E-state index contributed by atoms with van der Waals surface area (Å²) in [6.45, 7) is 8.11. The lowest BCUT2D eigenvalue weighted by Gasteiger charge is -2.23. The summed E-state index contributed by atoms with van der Waals surface area (Å²) in [5.41, 5.74) is -0.307. The zero-order chi connectivity index (χ0) is 16.8. The number of carbonyl (C=O) groups is 1. The quantitative estimate of drug-likeness (QED) is 0.793. The Labute approximate surface area is 136 Å². The maximum atomic E-state index is 12.2. The van der Waals surface area contributed by atoms with Crippen molar-refractivity contribution in [1.82, 2.24) is 0 Å². The lowest BCUT2D eigenvalue weighted by Crippen LogP contribution is -2.39. The number of methoxy groups -OCH3 is 1. The van der Waals surface area contributed by atoms with Gasteiger partial charge in [0, 0.05) is 19.4 Å². The predicted octanol–water partition coefficient (Wildman–Crippen LogP) is 3.51. The third kappa shape index (κ3) is 5.48. The first-order valence-electron chi connectivity index (χ1n) is 7.20. The van der Waals surface area contributed by atoms with E-state index in [1.807, 2.05) is 13.8 Å². The van der Waals surface area contributed by atoms with Crippen LogP contribution in [0.1, 0.15) is 27.7 Å². The van der Waals surface area contributed by atoms with Gasteiger partial charge in [0.25, 0.3) is 5.91 Å². The maximum absolute atomic E-state index is 12.2. The van der Waals surface area contributed by atoms with Gasteiger partial charge in [-0.15, -0.1) is 0 Å². The number of benzene rings is 1. The van der Waals surface area contributed by atoms with Gasteiger partial charge in [-0.2, -0.15) is 0 Å². The molecule has 0 spiro atoms. The number of hydrogen-bond donors (Lipinski definition) is 1. The summed E-state index contributed by atoms with van der Waals surface area (Å²) >= 11 is 6.18. The molecule has 5 nitrogen and oxygen atoms in total. The molecule has 0 bridgehead atoms. The number of ether oxygens (including phenoxy) is 3. The van der Waals surface area contributed by atoms with Gasteiger partial charge in [-0.25, -0.2) is 0 Å². The van der Waals surface area contributed by atoms with E-state index < -0.39 is 5.60 Å². The van der Waals surface area contributed by atoms with E-state index in [0.717, 1.165) is 0 Å². The molecule has 0 aliphatic rings. The standard InChI is InChI=1S/C16H24ClNO4/c1-6-21-16(3,4)15(19)18-12-7-8-14(13(17)9-12)22-11(2)10-20-5/h7-9,11H,6,10H2,1-5H3,(H,18,19)/t11-/m1/s1. The molecule has 6 heteroatoms. The Kier molecular flexibility index (Phi) is 7.13. The minimum Gasteiger partial charge on any atom is -0.487 e. The van der Waals surface area contributed by atoms with Crippen molar-refractivity contribution in [3.05, 3.63) is 23.2 Å². The summed E-state index contributed by atoms with van der Waals surface area (Å²) in [7, 11) is 1.61. The molecule has 0 fully saturated rings. The van der Waals surface area contributed by atoms with Gasteiger partial charge in [-0.1, -0.05) is 11.6 Å². The van der Waals surface area contributed by atoms with Crippen LogP contribution < -0.4 is 10.1 Å². The Bertz CT molecular complexity index is 505. The molecule has 22 heavy (non-hydrogen) atoms. The minimum atomic E-state index is -0.899. The van der Waals surface area contributed by atoms with Gasteiger partial charge in [0.1, 0.15) is 17.5 Å². The second-order valence-electron chi connectivity index (χ2n) is 5.43. The third-order valence-electron chi connectivity index (χ3n) is 2.97. The number of nitrogens with one attached hydrogen (secondary N) is 1. The van der Waals surface area contributed by atoms with Crippen LogP contribution in [0.3, 0.4) is 0 Å². The smallest absolute Gasteiger partial charge is 0.256 e. The molecule has 0 saturated carbocycles. The molecule has 0 aliphatic carbocycles. The Morgan fingerprint density at radius 3 is 2.64 bits per heavy atom. The number of carbonyl (C=O) groups excluding carboxylic acids is 1. The fourth-order valence-corrected chi connectivity index (χ4v) is 2.09. The molecular formula is C16H24ClNO4. The van der Waals surface area contributed by atoms with E-state index in [4.69, 9.17) is 25.8 Å². The average Bonchev–Trinajstić information content (AvgIpc) is 2.42. The molecule has 1 amide bonds. The molecule has 1 atom stereocenters. The normalized spacial score (nSPS) is 12.8. The largest absolute Gasteiger partial charge is 0.487 e. The summed E-state index contributed by atoms with van der Waals surface area (Å²) in [4.78, 5) is 12.2. The molecular weight excluding hydrogens is 306 g/mol. The Balaban J connectivity index is 2.75. The highest BCUT2D eigenvalue weighted by Gasteiger charge is 2.28. The van der Waals surface area contributed by atoms with E-state index in [1.54, 1.807) is 39.2 Å². The van der Waals surface area contributed by atoms with Crippen LogP contribution in [0.15, 0.2) is 18.2 Å². The van der Waals surface area contributed by atoms with Crippen molar-refractivity contribution in [2.45, 2.75) is 39.4 Å². The van der Waals surface area contributed by atoms with Crippen molar-refractivity contribution < 1.29 is 19.0 Å². The Morgan fingerprint density at radius 1 is 1.41 bits per heavy atom. The van der Waals surface area contributed by atoms with Crippen molar-refractivity contribution in [1.29, 1.82) is 0 Å². The van der Waals surface area contributed by atoms with Crippen LogP contribution in [0.25, 0.3) is 0 Å². The molecule has 124 valence electrons. The molecule has 0 saturated heterocycles. The number of hydrogen-bond acceptors (Lipinski definition) is 4. The van der Waals surface area contributed by atoms with Gasteiger partial charge >= 0.3 is 0 Å². The van der Waals surface area contributed by atoms with E-state index >= 15 is 0 Å². The molecule has 1 rings (SSSR count). The number of rotatable bonds is 8. The van der Waals surface area contributed by atoms with E-state index in [2.05, 4.69) is 5.32 Å². The van der Waals surface area contributed by atoms with Crippen molar-refractivity contribution in [2.75, 3.05) is 25.6 Å². The van der Waals surface area contributed by atoms with Crippen LogP contribution in [0.4, 0.5) is 5.69 Å². The van der Waals surface area contributed by atoms with Crippen molar-refractivity contribution in [3.63, 3.8) is 0 Å². The van der Waals surface area contributed by atoms with Crippen LogP contribution >= 0.6 is 11.6 Å². The summed E-state index contributed by atoms with van der Waals surface area (Å²) < 4.78 is 16.1. The van der Waals surface area contributed by atoms with Crippen LogP contribution in [-0.4, -0.2) is 37.9 Å². The van der Waals surface area contributed by atoms with Crippen molar-refractivity contribution >= 4 is 23.2 Å². The first kappa shape index (κ1) is 18.7. The Morgan fingerprint density at radius 2 is 2.09 bits per heavy atom. The molecule has 1 aromatic carbocycles. The molecule has 0 unspecified atom stereocenters. The number of anilines is 1. The molecule has 0 aliphatic heterocycles. The first-order valence-corrected chi connectivity index (χ1v) is 7.58. The predicted molar refractivity (Wildman–Crippen MR) is 87.8 cm³/mol. The third-order valence-corrected chi connectivity index (χ3v) is 3.27. The maximum Gasteiger partial charge on any atom is 0.256 e. The van der Waals surface area contributed by atoms with Crippen LogP contribution in [-0.2, 0) is 14.3 Å². The lowest BCUT2D eigenvalue weighted by atomic mass is 10.1. The Hall–Kier alpha value is -1.30. The van der Waals surface area contributed by atoms with Crippen LogP contribution in [0, 0.1) is 0 Å². The highest BCUT2D eigenvalue weighted by Crippen LogP contribution is 2.29. The fraction of sp³-hybridized carbons (Fsp3) is 0.562. The van der Waals surface area contributed by atoms with Crippen molar-refractivity contribution in [3.8, 4) is 5.75 Å². The van der Waals surface area contributed by atoms with E-state index in [0.29, 0.717) is 29.7 Å². The average molecular weight is 330 g/mol. The van der Waals surface area contributed by atoms with Crippen LogP contribution in [0.2, 0.25) is 5.02 Å². The molecule has 0 heterocycles. The lowest BCUT2D eigenvalue weighted by molar-refractivity contribution is -0.136. The van der Waals surface area contributed by atoms with Crippen molar-refractivity contribution in [2.24, 2.45) is 0 Å². The van der Waals surface area contributed by atoms with E-state index in [-0.39, 0.29) is 12.0 Å². The summed E-state index contributed by atoms with van der Waals surface area (Å²) in [5.74, 6) is 0.320. The second kappa shape index (κ2) is 8.36. The molecule has 0 radical (unpaired) electrons. The van der Waals surface area contributed by atoms with Gasteiger partial charge in [0.05, 0.1) is 11.6 Å². The monoisotopic (exact) mass is 329 g/mol. The number of amides is 1. The van der Waals surface area contributed by atoms with Gasteiger partial charge < -0.3 is 19.5 Å². The van der Waals surface area contributed by atoms with E-state index in [9.17, 15) is 4.79 Å². The topological polar surface area (TPSA) is 56.8 Å². The first-order chi connectivity index (χ1) is 10.3. The van der Waals surface area contributed by atoms with Gasteiger partial charge in [0.15, 0.2) is 0 Å². The highest BCUT2D eigenvalue weighted by molar-refractivity contribution is 6.32. The van der Waals surface area contributed by atoms with Gasteiger partial charge in [0.2, 0.25) is 0 Å². The highest BCUT2D eigenvalue weighted by atomic mass is 35.5. The number of halogens is 1. The summed E-state index contributed by atoms with van der Waals surface area (Å²) in [6.07, 6.45) is -0.111. The molecule has 0 aromatic heterocycles. The van der Waals surface area contributed by atoms with Crippen LogP contribution in [0.5, 0.6) is 5.75 Å². The summed E-state index contributed by atoms with van der Waals surface area (Å²) in [6, 6.07) is 5.11. The summed E-state index contributed by atoms with van der Waals surface area (Å²) in [5, 5.41) is 3.21. The van der Waals surface area contributed by atoms with Gasteiger partial charge in [-0.3, -0.25) is 4.79 Å². The zero-order valence-electron chi connectivity index (χ0n) is 13.7. The van der Waals surface area contributed by atoms with Gasteiger partial charge in [-0.05, 0) is 45.9 Å². The minimum absolute atomic E-state index is 0.111. The second-order valence-corrected chi connectivity index (χ2v) is 5.83. The zero-order valence-corrected chi connectivity index (χ0v) is 14.5. The fourth-order valence-electron chi connectivity index (χ4n) is 1.87. The SMILES string of the molecule is CCOC(C)(C)C(=O)Nc1ccc(O[C@H](C)COC)c(Cl)c1.